The van der Waals surface area contributed by atoms with E-state index in [9.17, 15) is 29.3 Å². The number of ether oxygens (including phenoxy) is 1. The van der Waals surface area contributed by atoms with Crippen LogP contribution in [0.1, 0.15) is 51.4 Å². The lowest BCUT2D eigenvalue weighted by molar-refractivity contribution is -0.146. The number of aliphatic hydroxyl groups is 3. The molecule has 0 aromatic carbocycles. The highest BCUT2D eigenvalue weighted by Crippen LogP contribution is 2.33. The normalized spacial score (nSPS) is 30.7. The molecule has 6 N–H and O–H groups in total. The van der Waals surface area contributed by atoms with Crippen LogP contribution >= 0.6 is 11.6 Å². The standard InChI is InChI=1S/C28H49ClFN5O6/c29-22-12-31-27(32-13-22)34-7-5-19(6-8-34)2-1-9-41-23-4-3-20(24(30)11-23)10-25(39)35-14-21(15-35)26(40)33-28(16-36,17-37)18-38/h19-24,27,31-32,36-38H,1-18H2,(H,33,40). The fourth-order valence-corrected chi connectivity index (χ4v) is 6.54. The van der Waals surface area contributed by atoms with E-state index in [1.807, 2.05) is 0 Å². The van der Waals surface area contributed by atoms with Crippen molar-refractivity contribution in [2.24, 2.45) is 17.8 Å². The average molecular weight is 606 g/mol. The Morgan fingerprint density at radius 2 is 1.68 bits per heavy atom. The van der Waals surface area contributed by atoms with Crippen LogP contribution in [0, 0.1) is 17.8 Å². The van der Waals surface area contributed by atoms with Crippen molar-refractivity contribution < 1.29 is 34.0 Å². The minimum absolute atomic E-state index is 0.102. The first-order valence-electron chi connectivity index (χ1n) is 15.3. The van der Waals surface area contributed by atoms with Gasteiger partial charge in [0.15, 0.2) is 0 Å². The summed E-state index contributed by atoms with van der Waals surface area (Å²) in [4.78, 5) is 29.1. The van der Waals surface area contributed by atoms with Crippen molar-refractivity contribution in [2.45, 2.75) is 80.8 Å². The number of amides is 2. The van der Waals surface area contributed by atoms with E-state index in [-0.39, 0.29) is 49.1 Å². The molecule has 41 heavy (non-hydrogen) atoms. The molecular weight excluding hydrogens is 557 g/mol. The number of nitrogens with zero attached hydrogens (tertiary/aromatic N) is 2. The summed E-state index contributed by atoms with van der Waals surface area (Å²) >= 11 is 6.14. The van der Waals surface area contributed by atoms with E-state index < -0.39 is 43.4 Å². The van der Waals surface area contributed by atoms with Gasteiger partial charge in [-0.25, -0.2) is 4.39 Å². The Bertz CT molecular complexity index is 827. The van der Waals surface area contributed by atoms with E-state index in [1.54, 1.807) is 4.90 Å². The van der Waals surface area contributed by atoms with Gasteiger partial charge in [0, 0.05) is 58.7 Å². The molecule has 0 aromatic heterocycles. The van der Waals surface area contributed by atoms with Gasteiger partial charge in [-0.3, -0.25) is 25.1 Å². The Kier molecular flexibility index (Phi) is 12.4. The minimum atomic E-state index is -1.48. The number of carbonyl (C=O) groups is 2. The molecule has 3 saturated heterocycles. The fraction of sp³-hybridized carbons (Fsp3) is 0.929. The molecule has 0 bridgehead atoms. The first-order chi connectivity index (χ1) is 19.8. The van der Waals surface area contributed by atoms with Crippen LogP contribution in [0.4, 0.5) is 4.39 Å². The molecule has 4 rings (SSSR count). The zero-order valence-corrected chi connectivity index (χ0v) is 24.7. The Hall–Kier alpha value is -1.12. The first kappa shape index (κ1) is 32.8. The largest absolute Gasteiger partial charge is 0.394 e. The smallest absolute Gasteiger partial charge is 0.227 e. The molecule has 236 valence electrons. The Labute approximate surface area is 247 Å². The van der Waals surface area contributed by atoms with E-state index >= 15 is 0 Å². The summed E-state index contributed by atoms with van der Waals surface area (Å²) in [5.74, 6) is -0.718. The number of nitrogens with one attached hydrogen (secondary N) is 3. The number of aliphatic hydroxyl groups excluding tert-OH is 3. The molecule has 0 aromatic rings. The number of hydrogen-bond acceptors (Lipinski definition) is 9. The maximum Gasteiger partial charge on any atom is 0.227 e. The maximum atomic E-state index is 15.0. The molecular formula is C28H49ClFN5O6. The lowest BCUT2D eigenvalue weighted by Crippen LogP contribution is -2.63. The van der Waals surface area contributed by atoms with E-state index in [4.69, 9.17) is 16.3 Å². The highest BCUT2D eigenvalue weighted by atomic mass is 35.5. The van der Waals surface area contributed by atoms with Gasteiger partial charge in [-0.2, -0.15) is 0 Å². The van der Waals surface area contributed by atoms with E-state index in [0.29, 0.717) is 25.4 Å². The second-order valence-corrected chi connectivity index (χ2v) is 13.1. The van der Waals surface area contributed by atoms with Crippen LogP contribution in [0.5, 0.6) is 0 Å². The van der Waals surface area contributed by atoms with E-state index in [2.05, 4.69) is 20.9 Å². The first-order valence-corrected chi connectivity index (χ1v) is 15.7. The van der Waals surface area contributed by atoms with Crippen molar-refractivity contribution in [2.75, 3.05) is 65.7 Å². The van der Waals surface area contributed by atoms with Crippen LogP contribution in [0.3, 0.4) is 0 Å². The van der Waals surface area contributed by atoms with E-state index in [0.717, 1.165) is 45.4 Å². The molecule has 11 nitrogen and oxygen atoms in total. The van der Waals surface area contributed by atoms with Crippen LogP contribution in [0.15, 0.2) is 0 Å². The average Bonchev–Trinajstić information content (AvgIpc) is 2.95. The number of hydrogen-bond donors (Lipinski definition) is 6. The molecule has 13 heteroatoms. The van der Waals surface area contributed by atoms with Gasteiger partial charge in [0.05, 0.1) is 37.2 Å². The fourth-order valence-electron chi connectivity index (χ4n) is 6.36. The molecule has 4 aliphatic rings. The summed E-state index contributed by atoms with van der Waals surface area (Å²) in [5.41, 5.74) is -1.48. The van der Waals surface area contributed by atoms with Gasteiger partial charge in [-0.15, -0.1) is 11.6 Å². The predicted molar refractivity (Wildman–Crippen MR) is 152 cm³/mol. The molecule has 3 atom stereocenters. The van der Waals surface area contributed by atoms with Crippen LogP contribution < -0.4 is 16.0 Å². The van der Waals surface area contributed by atoms with Gasteiger partial charge >= 0.3 is 0 Å². The Morgan fingerprint density at radius 1 is 1.02 bits per heavy atom. The van der Waals surface area contributed by atoms with Gasteiger partial charge < -0.3 is 30.3 Å². The van der Waals surface area contributed by atoms with Gasteiger partial charge in [0.1, 0.15) is 18.0 Å². The molecule has 1 aliphatic carbocycles. The highest BCUT2D eigenvalue weighted by Gasteiger charge is 2.41. The van der Waals surface area contributed by atoms with Crippen molar-refractivity contribution in [1.82, 2.24) is 25.8 Å². The topological polar surface area (TPSA) is 147 Å². The molecule has 4 fully saturated rings. The molecule has 3 aliphatic heterocycles. The number of alkyl halides is 2. The number of piperidine rings is 1. The summed E-state index contributed by atoms with van der Waals surface area (Å²) in [6.45, 7) is 3.07. The summed E-state index contributed by atoms with van der Waals surface area (Å²) < 4.78 is 21.0. The molecule has 3 unspecified atom stereocenters. The van der Waals surface area contributed by atoms with Crippen LogP contribution in [-0.2, 0) is 14.3 Å². The summed E-state index contributed by atoms with van der Waals surface area (Å²) in [5, 5.41) is 37.7. The highest BCUT2D eigenvalue weighted by molar-refractivity contribution is 6.21. The number of halogens is 2. The predicted octanol–water partition coefficient (Wildman–Crippen LogP) is -0.234. The van der Waals surface area contributed by atoms with Crippen molar-refractivity contribution in [3.05, 3.63) is 0 Å². The van der Waals surface area contributed by atoms with Crippen molar-refractivity contribution >= 4 is 23.4 Å². The quantitative estimate of drug-likeness (QED) is 0.124. The lowest BCUT2D eigenvalue weighted by Gasteiger charge is -2.41. The molecule has 0 radical (unpaired) electrons. The third-order valence-corrected chi connectivity index (χ3v) is 9.70. The van der Waals surface area contributed by atoms with Gasteiger partial charge in [-0.05, 0) is 50.4 Å². The SMILES string of the molecule is O=C(NC(CO)(CO)CO)C1CN(C(=O)CC2CCC(OCCCC3CCN(C4NCC(Cl)CN4)CC3)CC2F)C1. The van der Waals surface area contributed by atoms with E-state index in [1.165, 1.54) is 12.8 Å². The monoisotopic (exact) mass is 605 g/mol. The van der Waals surface area contributed by atoms with Gasteiger partial charge in [-0.1, -0.05) is 0 Å². The van der Waals surface area contributed by atoms with Crippen molar-refractivity contribution in [3.63, 3.8) is 0 Å². The lowest BCUT2D eigenvalue weighted by atomic mass is 9.83. The zero-order chi connectivity index (χ0) is 29.4. The van der Waals surface area contributed by atoms with Crippen LogP contribution in [0.25, 0.3) is 0 Å². The van der Waals surface area contributed by atoms with Gasteiger partial charge in [0.25, 0.3) is 0 Å². The third kappa shape index (κ3) is 8.95. The molecule has 3 heterocycles. The van der Waals surface area contributed by atoms with Crippen molar-refractivity contribution in [1.29, 1.82) is 0 Å². The third-order valence-electron chi connectivity index (χ3n) is 9.39. The second kappa shape index (κ2) is 15.6. The number of likely N-dealkylation sites (tertiary alicyclic amines) is 2. The summed E-state index contributed by atoms with van der Waals surface area (Å²) in [7, 11) is 0. The minimum Gasteiger partial charge on any atom is -0.394 e. The van der Waals surface area contributed by atoms with Crippen LogP contribution in [-0.4, -0.2) is 132 Å². The summed E-state index contributed by atoms with van der Waals surface area (Å²) in [6.07, 6.45) is 5.28. The van der Waals surface area contributed by atoms with Crippen LogP contribution in [0.2, 0.25) is 0 Å². The Balaban J connectivity index is 1.05. The summed E-state index contributed by atoms with van der Waals surface area (Å²) in [6, 6.07) is 0. The number of carbonyl (C=O) groups excluding carboxylic acids is 2. The molecule has 0 spiro atoms. The molecule has 2 amide bonds. The number of rotatable bonds is 13. The Morgan fingerprint density at radius 3 is 2.29 bits per heavy atom. The zero-order valence-electron chi connectivity index (χ0n) is 24.0. The maximum absolute atomic E-state index is 15.0. The second-order valence-electron chi connectivity index (χ2n) is 12.5. The molecule has 1 saturated carbocycles. The van der Waals surface area contributed by atoms with Crippen molar-refractivity contribution in [3.8, 4) is 0 Å². The van der Waals surface area contributed by atoms with Gasteiger partial charge in [0.2, 0.25) is 11.8 Å².